The van der Waals surface area contributed by atoms with Crippen LogP contribution in [0.2, 0.25) is 0 Å². The van der Waals surface area contributed by atoms with Gasteiger partial charge in [-0.2, -0.15) is 0 Å². The van der Waals surface area contributed by atoms with E-state index >= 15 is 0 Å². The molecule has 0 aromatic heterocycles. The highest BCUT2D eigenvalue weighted by molar-refractivity contribution is 7.78. The summed E-state index contributed by atoms with van der Waals surface area (Å²) in [5, 5.41) is 3.44. The van der Waals surface area contributed by atoms with Gasteiger partial charge < -0.3 is 0 Å². The molecule has 4 fully saturated rings. The molecule has 0 heterocycles. The summed E-state index contributed by atoms with van der Waals surface area (Å²) < 4.78 is 0. The lowest BCUT2D eigenvalue weighted by molar-refractivity contribution is -0.0140. The van der Waals surface area contributed by atoms with Crippen molar-refractivity contribution < 1.29 is 0 Å². The standard InChI is InChI=1S/C66H96P2/c1-44(2)50-40-57(46(5)6)63(58(41-50)47(7)8)55-32-22-24-34-61(55)67-66(38-36-65(37-39-66,52-26-16-13-17-27-52)53-28-18-14-19-29-53)68(54-30-20-15-21-31-54)62-35-25-23-33-56(62)64-59(48(9)10)42-51(45(3)4)43-60(64)49(11)12/h22-25,32-35,40-49,52-54,67H,13-21,26-31,36-39H2,1-12H3. The van der Waals surface area contributed by atoms with Crippen molar-refractivity contribution in [3.8, 4) is 22.3 Å². The zero-order valence-corrected chi connectivity index (χ0v) is 47.4. The second kappa shape index (κ2) is 22.7. The number of benzene rings is 4. The number of rotatable bonds is 15. The van der Waals surface area contributed by atoms with Crippen LogP contribution >= 0.6 is 16.5 Å². The molecule has 8 rings (SSSR count). The fraction of sp³-hybridized carbons (Fsp3) is 0.636. The minimum absolute atomic E-state index is 0.262. The van der Waals surface area contributed by atoms with Gasteiger partial charge in [-0.15, -0.1) is 0 Å². The van der Waals surface area contributed by atoms with E-state index < -0.39 is 7.92 Å². The van der Waals surface area contributed by atoms with Crippen LogP contribution in [-0.4, -0.2) is 10.6 Å². The van der Waals surface area contributed by atoms with E-state index in [0.717, 1.165) is 26.1 Å². The van der Waals surface area contributed by atoms with Gasteiger partial charge in [-0.3, -0.25) is 0 Å². The van der Waals surface area contributed by atoms with Crippen LogP contribution < -0.4 is 10.6 Å². The third kappa shape index (κ3) is 10.8. The van der Waals surface area contributed by atoms with Gasteiger partial charge in [0.15, 0.2) is 0 Å². The monoisotopic (exact) mass is 951 g/mol. The van der Waals surface area contributed by atoms with Crippen LogP contribution in [0.15, 0.2) is 72.8 Å². The van der Waals surface area contributed by atoms with Crippen LogP contribution in [0.25, 0.3) is 22.3 Å². The van der Waals surface area contributed by atoms with Crippen molar-refractivity contribution in [2.45, 2.75) is 251 Å². The number of hydrogen-bond donors (Lipinski definition) is 0. The molecule has 4 aliphatic carbocycles. The van der Waals surface area contributed by atoms with Crippen LogP contribution in [0.3, 0.4) is 0 Å². The Bertz CT molecular complexity index is 2180. The molecule has 68 heavy (non-hydrogen) atoms. The van der Waals surface area contributed by atoms with Crippen LogP contribution in [-0.2, 0) is 0 Å². The van der Waals surface area contributed by atoms with Gasteiger partial charge in [0.1, 0.15) is 0 Å². The lowest BCUT2D eigenvalue weighted by Gasteiger charge is -2.58. The van der Waals surface area contributed by atoms with Gasteiger partial charge in [-0.1, -0.05) is 230 Å². The molecule has 0 N–H and O–H groups in total. The highest BCUT2D eigenvalue weighted by Gasteiger charge is 2.54. The molecule has 0 saturated heterocycles. The molecule has 2 unspecified atom stereocenters. The predicted molar refractivity (Wildman–Crippen MR) is 306 cm³/mol. The maximum absolute atomic E-state index is 2.72. The molecule has 0 radical (unpaired) electrons. The van der Waals surface area contributed by atoms with Gasteiger partial charge in [0.2, 0.25) is 0 Å². The summed E-state index contributed by atoms with van der Waals surface area (Å²) in [7, 11) is 0.281. The largest absolute Gasteiger partial charge is 0.0786 e. The minimum Gasteiger partial charge on any atom is -0.0786 e. The topological polar surface area (TPSA) is 0 Å². The lowest BCUT2D eigenvalue weighted by atomic mass is 9.53. The molecule has 370 valence electrons. The SMILES string of the molecule is CC(C)c1cc(C(C)C)c(-c2ccccc2PC2(P(c3ccccc3-c3c(C(C)C)cc(C(C)C)cc3C(C)C)C3CCCCC3)CCC(C3CCCCC3)(C3CCCCC3)CC2)c(C(C)C)c1. The molecule has 2 atom stereocenters. The third-order valence-corrected chi connectivity index (χ3v) is 24.8. The molecular weight excluding hydrogens is 855 g/mol. The van der Waals surface area contributed by atoms with E-state index in [4.69, 9.17) is 0 Å². The molecule has 0 bridgehead atoms. The predicted octanol–water partition coefficient (Wildman–Crippen LogP) is 20.6. The van der Waals surface area contributed by atoms with Crippen molar-refractivity contribution in [2.24, 2.45) is 17.3 Å². The normalized spacial score (nSPS) is 20.6. The first-order valence-electron chi connectivity index (χ1n) is 28.8. The molecular formula is C66H96P2. The Balaban J connectivity index is 1.38. The molecule has 0 nitrogen and oxygen atoms in total. The van der Waals surface area contributed by atoms with E-state index in [1.165, 1.54) is 133 Å². The zero-order chi connectivity index (χ0) is 48.3. The van der Waals surface area contributed by atoms with Crippen molar-refractivity contribution in [1.82, 2.24) is 0 Å². The Morgan fingerprint density at radius 3 is 1.24 bits per heavy atom. The fourth-order valence-electron chi connectivity index (χ4n) is 14.7. The summed E-state index contributed by atoms with van der Waals surface area (Å²) in [5.74, 6) is 4.76. The first kappa shape index (κ1) is 52.1. The van der Waals surface area contributed by atoms with Crippen LogP contribution in [0.1, 0.15) is 274 Å². The maximum atomic E-state index is 2.72. The third-order valence-electron chi connectivity index (χ3n) is 18.5. The van der Waals surface area contributed by atoms with Gasteiger partial charge >= 0.3 is 0 Å². The molecule has 4 aromatic carbocycles. The summed E-state index contributed by atoms with van der Waals surface area (Å²) >= 11 is 0. The zero-order valence-electron chi connectivity index (χ0n) is 45.5. The van der Waals surface area contributed by atoms with Crippen molar-refractivity contribution >= 4 is 27.1 Å². The van der Waals surface area contributed by atoms with E-state index in [9.17, 15) is 0 Å². The molecule has 2 heteroatoms. The average Bonchev–Trinajstić information content (AvgIpc) is 3.34. The molecule has 0 spiro atoms. The van der Waals surface area contributed by atoms with Gasteiger partial charge in [-0.05, 0) is 189 Å². The summed E-state index contributed by atoms with van der Waals surface area (Å²) in [6.45, 7) is 29.3. The Hall–Kier alpha value is -2.26. The average molecular weight is 951 g/mol. The first-order valence-corrected chi connectivity index (χ1v) is 31.2. The van der Waals surface area contributed by atoms with Gasteiger partial charge in [0, 0.05) is 4.90 Å². The van der Waals surface area contributed by atoms with E-state index in [-0.39, 0.29) is 4.90 Å². The Morgan fingerprint density at radius 2 is 0.809 bits per heavy atom. The van der Waals surface area contributed by atoms with Crippen LogP contribution in [0.5, 0.6) is 0 Å². The van der Waals surface area contributed by atoms with E-state index in [1.54, 1.807) is 55.1 Å². The van der Waals surface area contributed by atoms with E-state index in [0.29, 0.717) is 40.9 Å². The highest BCUT2D eigenvalue weighted by atomic mass is 31.2. The van der Waals surface area contributed by atoms with Crippen LogP contribution in [0.4, 0.5) is 0 Å². The Morgan fingerprint density at radius 1 is 0.426 bits per heavy atom. The minimum atomic E-state index is -0.527. The molecule has 4 aliphatic rings. The molecule has 4 aromatic rings. The van der Waals surface area contributed by atoms with Crippen molar-refractivity contribution in [1.29, 1.82) is 0 Å². The Kier molecular flexibility index (Phi) is 17.4. The Labute approximate surface area is 421 Å². The second-order valence-electron chi connectivity index (χ2n) is 24.9. The van der Waals surface area contributed by atoms with E-state index in [1.807, 2.05) is 0 Å². The van der Waals surface area contributed by atoms with Crippen LogP contribution in [0, 0.1) is 17.3 Å². The summed E-state index contributed by atoms with van der Waals surface area (Å²) in [6, 6.07) is 30.8. The van der Waals surface area contributed by atoms with Gasteiger partial charge in [0.25, 0.3) is 0 Å². The van der Waals surface area contributed by atoms with Crippen molar-refractivity contribution in [3.63, 3.8) is 0 Å². The van der Waals surface area contributed by atoms with Crippen molar-refractivity contribution in [3.05, 3.63) is 106 Å². The van der Waals surface area contributed by atoms with Gasteiger partial charge in [-0.25, -0.2) is 0 Å². The maximum Gasteiger partial charge on any atom is 0.0163 e. The van der Waals surface area contributed by atoms with Crippen molar-refractivity contribution in [2.75, 3.05) is 0 Å². The second-order valence-corrected chi connectivity index (χ2v) is 29.8. The highest BCUT2D eigenvalue weighted by Crippen LogP contribution is 2.73. The summed E-state index contributed by atoms with van der Waals surface area (Å²) in [5.41, 5.74) is 17.0. The summed E-state index contributed by atoms with van der Waals surface area (Å²) in [4.78, 5) is 0.262. The molecule has 4 saturated carbocycles. The smallest absolute Gasteiger partial charge is 0.0163 e. The quantitative estimate of drug-likeness (QED) is 0.104. The molecule has 0 amide bonds. The lowest BCUT2D eigenvalue weighted by Crippen LogP contribution is -2.48. The molecule has 0 aliphatic heterocycles. The summed E-state index contributed by atoms with van der Waals surface area (Å²) in [6.07, 6.45) is 27.7. The first-order chi connectivity index (χ1) is 32.7. The van der Waals surface area contributed by atoms with E-state index in [2.05, 4.69) is 156 Å². The number of hydrogen-bond acceptors (Lipinski definition) is 0. The van der Waals surface area contributed by atoms with Gasteiger partial charge in [0.05, 0.1) is 0 Å². The fourth-order valence-corrected chi connectivity index (χ4v) is 21.8.